The molecule has 3 saturated carbocycles. The Morgan fingerprint density at radius 3 is 1.73 bits per heavy atom. The van der Waals surface area contributed by atoms with Gasteiger partial charge >= 0.3 is 0 Å². The maximum Gasteiger partial charge on any atom is 0.164 e. The molecule has 5 heteroatoms. The number of morpholine rings is 1. The molecule has 0 spiro atoms. The molecule has 9 unspecified atom stereocenters. The van der Waals surface area contributed by atoms with Gasteiger partial charge in [0.2, 0.25) is 0 Å². The average molecular weight is 735 g/mol. The smallest absolute Gasteiger partial charge is 0.164 e. The zero-order valence-corrected chi connectivity index (χ0v) is 32.0. The quantitative estimate of drug-likeness (QED) is 0.171. The van der Waals surface area contributed by atoms with E-state index in [9.17, 15) is 0 Å². The molecule has 5 aliphatic rings. The minimum atomic E-state index is 0.370. The largest absolute Gasteiger partial charge is 0.372 e. The molecule has 2 saturated heterocycles. The summed E-state index contributed by atoms with van der Waals surface area (Å²) in [6.07, 6.45) is 12.4. The number of aromatic nitrogens is 3. The van der Waals surface area contributed by atoms with E-state index in [2.05, 4.69) is 108 Å². The molecule has 280 valence electrons. The van der Waals surface area contributed by atoms with Crippen LogP contribution in [0, 0.1) is 11.8 Å². The molecule has 0 radical (unpaired) electrons. The highest BCUT2D eigenvalue weighted by Crippen LogP contribution is 2.58. The minimum Gasteiger partial charge on any atom is -0.372 e. The molecule has 3 aliphatic carbocycles. The van der Waals surface area contributed by atoms with Gasteiger partial charge in [0.1, 0.15) is 0 Å². The molecule has 9 atom stereocenters. The van der Waals surface area contributed by atoms with Crippen LogP contribution in [0.2, 0.25) is 0 Å². The van der Waals surface area contributed by atoms with Gasteiger partial charge in [0.05, 0.1) is 12.2 Å². The second kappa shape index (κ2) is 14.5. The predicted octanol–water partition coefficient (Wildman–Crippen LogP) is 11.4. The van der Waals surface area contributed by atoms with Crippen LogP contribution in [0.25, 0.3) is 45.3 Å². The summed E-state index contributed by atoms with van der Waals surface area (Å²) in [6.45, 7) is 0. The molecule has 6 aromatic rings. The van der Waals surface area contributed by atoms with Crippen LogP contribution < -0.4 is 0 Å². The van der Waals surface area contributed by atoms with Crippen LogP contribution in [-0.4, -0.2) is 50.2 Å². The Morgan fingerprint density at radius 2 is 1.00 bits per heavy atom. The standard InChI is InChI=1S/C51H50N4O/c1-4-14-33(15-5-1)41-31-43-42-30-39(26-27-44(42)55-45-24-10-11-25-46(45)56-47(32-41)48(43)55)37-21-12-20-36(28-37)38-22-13-23-40(29-38)51-53-49(34-16-6-2-7-17-34)52-50(54-51)35-18-8-3-9-19-35/h1-9,12-23,28-29,39,41-48H,10-11,24-27,30-32H2. The summed E-state index contributed by atoms with van der Waals surface area (Å²) in [5.74, 6) is 4.66. The first-order valence-electron chi connectivity index (χ1n) is 21.3. The van der Waals surface area contributed by atoms with Crippen molar-refractivity contribution in [2.45, 2.75) is 100.0 Å². The van der Waals surface area contributed by atoms with Gasteiger partial charge in [-0.15, -0.1) is 0 Å². The van der Waals surface area contributed by atoms with Crippen molar-refractivity contribution < 1.29 is 4.74 Å². The molecule has 5 aromatic carbocycles. The third kappa shape index (κ3) is 6.20. The summed E-state index contributed by atoms with van der Waals surface area (Å²) < 4.78 is 7.15. The van der Waals surface area contributed by atoms with Crippen LogP contribution in [0.15, 0.2) is 140 Å². The third-order valence-electron chi connectivity index (χ3n) is 14.2. The van der Waals surface area contributed by atoms with Crippen LogP contribution in [0.3, 0.4) is 0 Å². The molecule has 3 heterocycles. The molecule has 2 aliphatic heterocycles. The Labute approximate surface area is 331 Å². The van der Waals surface area contributed by atoms with Crippen molar-refractivity contribution in [1.29, 1.82) is 0 Å². The second-order valence-corrected chi connectivity index (χ2v) is 17.2. The topological polar surface area (TPSA) is 51.1 Å². The minimum absolute atomic E-state index is 0.370. The first-order valence-corrected chi connectivity index (χ1v) is 21.3. The van der Waals surface area contributed by atoms with Gasteiger partial charge in [-0.25, -0.2) is 15.0 Å². The van der Waals surface area contributed by atoms with Crippen LogP contribution >= 0.6 is 0 Å². The van der Waals surface area contributed by atoms with E-state index < -0.39 is 0 Å². The Morgan fingerprint density at radius 1 is 0.429 bits per heavy atom. The molecule has 0 bridgehead atoms. The monoisotopic (exact) mass is 734 g/mol. The number of benzene rings is 5. The summed E-state index contributed by atoms with van der Waals surface area (Å²) in [6, 6.07) is 52.0. The lowest BCUT2D eigenvalue weighted by Gasteiger charge is -2.54. The molecular weight excluding hydrogens is 685 g/mol. The van der Waals surface area contributed by atoms with Gasteiger partial charge < -0.3 is 4.74 Å². The number of rotatable bonds is 6. The SMILES string of the molecule is c1ccc(-c2nc(-c3ccccc3)nc(-c3cccc(-c4cccc(C5CCC6C(C5)C5CC(c7ccccc7)CC7OC8CCCCC8N6C75)c4)c3)n2)cc1. The summed E-state index contributed by atoms with van der Waals surface area (Å²) in [7, 11) is 0. The highest BCUT2D eigenvalue weighted by molar-refractivity contribution is 5.73. The number of fused-ring (bicyclic) bond motifs is 5. The zero-order valence-electron chi connectivity index (χ0n) is 32.0. The van der Waals surface area contributed by atoms with E-state index in [1.165, 1.54) is 80.0 Å². The van der Waals surface area contributed by atoms with E-state index in [1.807, 2.05) is 36.4 Å². The van der Waals surface area contributed by atoms with Crippen molar-refractivity contribution in [2.75, 3.05) is 0 Å². The van der Waals surface area contributed by atoms with E-state index in [0.717, 1.165) is 22.6 Å². The van der Waals surface area contributed by atoms with Gasteiger partial charge in [-0.1, -0.05) is 146 Å². The van der Waals surface area contributed by atoms with Crippen molar-refractivity contribution in [2.24, 2.45) is 11.8 Å². The van der Waals surface area contributed by atoms with Crippen LogP contribution in [0.4, 0.5) is 0 Å². The lowest BCUT2D eigenvalue weighted by atomic mass is 9.65. The van der Waals surface area contributed by atoms with Crippen molar-refractivity contribution >= 4 is 0 Å². The van der Waals surface area contributed by atoms with Crippen LogP contribution in [-0.2, 0) is 4.74 Å². The summed E-state index contributed by atoms with van der Waals surface area (Å²) in [5, 5.41) is 0. The van der Waals surface area contributed by atoms with Gasteiger partial charge in [-0.3, -0.25) is 4.90 Å². The van der Waals surface area contributed by atoms with Gasteiger partial charge in [-0.2, -0.15) is 0 Å². The average Bonchev–Trinajstić information content (AvgIpc) is 3.61. The number of hydrogen-bond acceptors (Lipinski definition) is 5. The lowest BCUT2D eigenvalue weighted by molar-refractivity contribution is -0.179. The fourth-order valence-corrected chi connectivity index (χ4v) is 11.8. The lowest BCUT2D eigenvalue weighted by Crippen LogP contribution is -2.63. The molecule has 0 amide bonds. The maximum atomic E-state index is 7.15. The van der Waals surface area contributed by atoms with Crippen LogP contribution in [0.1, 0.15) is 80.8 Å². The van der Waals surface area contributed by atoms with Crippen LogP contribution in [0.5, 0.6) is 0 Å². The first kappa shape index (κ1) is 34.3. The van der Waals surface area contributed by atoms with Crippen molar-refractivity contribution in [3.8, 4) is 45.3 Å². The molecule has 11 rings (SSSR count). The molecule has 5 fully saturated rings. The van der Waals surface area contributed by atoms with Gasteiger partial charge in [0.25, 0.3) is 0 Å². The highest BCUT2D eigenvalue weighted by Gasteiger charge is 2.61. The third-order valence-corrected chi connectivity index (χ3v) is 14.2. The fraction of sp³-hybridized carbons (Fsp3) is 0.353. The molecule has 0 N–H and O–H groups in total. The number of hydrogen-bond donors (Lipinski definition) is 0. The van der Waals surface area contributed by atoms with E-state index >= 15 is 0 Å². The van der Waals surface area contributed by atoms with E-state index in [-0.39, 0.29) is 0 Å². The van der Waals surface area contributed by atoms with Crippen molar-refractivity contribution in [3.63, 3.8) is 0 Å². The Hall–Kier alpha value is -4.97. The van der Waals surface area contributed by atoms with E-state index in [1.54, 1.807) is 0 Å². The second-order valence-electron chi connectivity index (χ2n) is 17.2. The number of nitrogens with zero attached hydrogens (tertiary/aromatic N) is 4. The number of ether oxygens (including phenoxy) is 1. The maximum absolute atomic E-state index is 7.15. The predicted molar refractivity (Wildman–Crippen MR) is 224 cm³/mol. The van der Waals surface area contributed by atoms with Gasteiger partial charge in [0.15, 0.2) is 17.5 Å². The normalized spacial score (nSPS) is 29.5. The Kier molecular flexibility index (Phi) is 8.89. The van der Waals surface area contributed by atoms with Gasteiger partial charge in [0, 0.05) is 34.8 Å². The summed E-state index contributed by atoms with van der Waals surface area (Å²) in [5.41, 5.74) is 8.42. The molecule has 56 heavy (non-hydrogen) atoms. The highest BCUT2D eigenvalue weighted by atomic mass is 16.5. The summed E-state index contributed by atoms with van der Waals surface area (Å²) >= 11 is 0. The Bertz CT molecular complexity index is 2260. The Balaban J connectivity index is 0.897. The van der Waals surface area contributed by atoms with Gasteiger partial charge in [-0.05, 0) is 96.9 Å². The van der Waals surface area contributed by atoms with E-state index in [0.29, 0.717) is 65.6 Å². The first-order chi connectivity index (χ1) is 27.7. The summed E-state index contributed by atoms with van der Waals surface area (Å²) in [4.78, 5) is 18.1. The van der Waals surface area contributed by atoms with Crippen molar-refractivity contribution in [1.82, 2.24) is 19.9 Å². The molecule has 1 aromatic heterocycles. The van der Waals surface area contributed by atoms with E-state index in [4.69, 9.17) is 19.7 Å². The fourth-order valence-electron chi connectivity index (χ4n) is 11.8. The molecule has 5 nitrogen and oxygen atoms in total. The molecular formula is C51H50N4O. The zero-order chi connectivity index (χ0) is 37.0. The van der Waals surface area contributed by atoms with Crippen molar-refractivity contribution in [3.05, 3.63) is 151 Å².